The van der Waals surface area contributed by atoms with Gasteiger partial charge < -0.3 is 4.74 Å². The van der Waals surface area contributed by atoms with Crippen molar-refractivity contribution in [2.24, 2.45) is 0 Å². The topological polar surface area (TPSA) is 50.1 Å². The molecule has 0 aromatic heterocycles. The number of benzene rings is 2. The van der Waals surface area contributed by atoms with Crippen molar-refractivity contribution < 1.29 is 9.53 Å². The fourth-order valence-electron chi connectivity index (χ4n) is 1.67. The Hall–Kier alpha value is -2.34. The van der Waals surface area contributed by atoms with E-state index in [1.54, 1.807) is 6.07 Å². The maximum absolute atomic E-state index is 10.9. The molecule has 0 aliphatic heterocycles. The molecule has 0 aliphatic carbocycles. The minimum Gasteiger partial charge on any atom is -0.484 e. The first-order valence-corrected chi connectivity index (χ1v) is 5.26. The van der Waals surface area contributed by atoms with E-state index in [0.29, 0.717) is 11.3 Å². The molecular weight excluding hydrogens is 214 g/mol. The van der Waals surface area contributed by atoms with Gasteiger partial charge in [-0.3, -0.25) is 4.79 Å². The fourth-order valence-corrected chi connectivity index (χ4v) is 1.67. The summed E-state index contributed by atoms with van der Waals surface area (Å²) in [5, 5.41) is 11.0. The van der Waals surface area contributed by atoms with Gasteiger partial charge in [0.2, 0.25) is 0 Å². The molecule has 0 radical (unpaired) electrons. The predicted molar refractivity (Wildman–Crippen MR) is 64.8 cm³/mol. The van der Waals surface area contributed by atoms with Crippen LogP contribution < -0.4 is 4.74 Å². The Bertz CT molecular complexity index is 611. The number of ketones is 1. The summed E-state index contributed by atoms with van der Waals surface area (Å²) >= 11 is 0. The molecule has 0 heterocycles. The van der Waals surface area contributed by atoms with Gasteiger partial charge in [-0.25, -0.2) is 0 Å². The molecule has 0 bridgehead atoms. The molecule has 3 heteroatoms. The lowest BCUT2D eigenvalue weighted by Gasteiger charge is -2.08. The van der Waals surface area contributed by atoms with E-state index in [9.17, 15) is 4.79 Å². The Labute approximate surface area is 99.2 Å². The van der Waals surface area contributed by atoms with Crippen LogP contribution in [-0.4, -0.2) is 12.4 Å². The molecule has 0 unspecified atom stereocenters. The lowest BCUT2D eigenvalue weighted by Crippen LogP contribution is -2.07. The molecule has 2 rings (SSSR count). The summed E-state index contributed by atoms with van der Waals surface area (Å²) in [7, 11) is 0. The maximum Gasteiger partial charge on any atom is 0.167 e. The first-order chi connectivity index (χ1) is 8.22. The number of hydrogen-bond acceptors (Lipinski definition) is 3. The largest absolute Gasteiger partial charge is 0.484 e. The predicted octanol–water partition coefficient (Wildman–Crippen LogP) is 2.68. The summed E-state index contributed by atoms with van der Waals surface area (Å²) < 4.78 is 5.33. The lowest BCUT2D eigenvalue weighted by molar-refractivity contribution is -0.118. The first-order valence-electron chi connectivity index (χ1n) is 5.26. The van der Waals surface area contributed by atoms with E-state index in [2.05, 4.69) is 6.07 Å². The molecule has 2 aromatic rings. The van der Waals surface area contributed by atoms with Crippen LogP contribution in [0, 0.1) is 11.3 Å². The van der Waals surface area contributed by atoms with Crippen LogP contribution in [0.15, 0.2) is 36.4 Å². The molecule has 0 spiro atoms. The normalized spacial score (nSPS) is 9.88. The molecule has 0 saturated carbocycles. The summed E-state index contributed by atoms with van der Waals surface area (Å²) in [6.07, 6.45) is 0. The lowest BCUT2D eigenvalue weighted by atomic mass is 10.0. The molecule has 84 valence electrons. The van der Waals surface area contributed by atoms with Crippen molar-refractivity contribution in [3.63, 3.8) is 0 Å². The fraction of sp³-hybridized carbons (Fsp3) is 0.143. The van der Waals surface area contributed by atoms with Crippen molar-refractivity contribution >= 4 is 16.6 Å². The molecule has 3 nitrogen and oxygen atoms in total. The molecule has 2 aromatic carbocycles. The van der Waals surface area contributed by atoms with Crippen molar-refractivity contribution in [2.45, 2.75) is 6.92 Å². The SMILES string of the molecule is CC(=O)COc1ccc2ccccc2c1C#N. The van der Waals surface area contributed by atoms with Gasteiger partial charge in [0.25, 0.3) is 0 Å². The monoisotopic (exact) mass is 225 g/mol. The Morgan fingerprint density at radius 3 is 2.76 bits per heavy atom. The van der Waals surface area contributed by atoms with Crippen molar-refractivity contribution in [3.8, 4) is 11.8 Å². The molecule has 17 heavy (non-hydrogen) atoms. The van der Waals surface area contributed by atoms with Gasteiger partial charge >= 0.3 is 0 Å². The average molecular weight is 225 g/mol. The van der Waals surface area contributed by atoms with Gasteiger partial charge in [0.15, 0.2) is 5.78 Å². The quantitative estimate of drug-likeness (QED) is 0.806. The van der Waals surface area contributed by atoms with Crippen LogP contribution in [0.2, 0.25) is 0 Å². The van der Waals surface area contributed by atoms with E-state index in [1.807, 2.05) is 30.3 Å². The number of ether oxygens (including phenoxy) is 1. The molecule has 0 atom stereocenters. The second kappa shape index (κ2) is 4.67. The summed E-state index contributed by atoms with van der Waals surface area (Å²) in [6, 6.07) is 13.3. The van der Waals surface area contributed by atoms with Crippen molar-refractivity contribution in [3.05, 3.63) is 42.0 Å². The highest BCUT2D eigenvalue weighted by Gasteiger charge is 2.08. The number of carbonyl (C=O) groups excluding carboxylic acids is 1. The number of nitriles is 1. The Morgan fingerprint density at radius 1 is 1.29 bits per heavy atom. The third kappa shape index (κ3) is 2.26. The van der Waals surface area contributed by atoms with Gasteiger partial charge in [-0.2, -0.15) is 5.26 Å². The summed E-state index contributed by atoms with van der Waals surface area (Å²) in [6.45, 7) is 1.44. The third-order valence-electron chi connectivity index (χ3n) is 2.43. The summed E-state index contributed by atoms with van der Waals surface area (Å²) in [4.78, 5) is 10.9. The van der Waals surface area contributed by atoms with Crippen LogP contribution in [0.3, 0.4) is 0 Å². The standard InChI is InChI=1S/C14H11NO2/c1-10(16)9-17-14-7-6-11-4-2-3-5-12(11)13(14)8-15/h2-7H,9H2,1H3. The second-order valence-electron chi connectivity index (χ2n) is 3.76. The molecule has 0 fully saturated rings. The van der Waals surface area contributed by atoms with Crippen LogP contribution in [0.25, 0.3) is 10.8 Å². The molecular formula is C14H11NO2. The van der Waals surface area contributed by atoms with Gasteiger partial charge in [-0.05, 0) is 18.4 Å². The highest BCUT2D eigenvalue weighted by atomic mass is 16.5. The molecule has 0 aliphatic rings. The van der Waals surface area contributed by atoms with E-state index >= 15 is 0 Å². The second-order valence-corrected chi connectivity index (χ2v) is 3.76. The zero-order chi connectivity index (χ0) is 12.3. The number of Topliss-reactive ketones (excluding diaryl/α,β-unsaturated/α-hetero) is 1. The minimum absolute atomic E-state index is 0.00692. The molecule has 0 amide bonds. The zero-order valence-electron chi connectivity index (χ0n) is 9.43. The van der Waals surface area contributed by atoms with Gasteiger partial charge in [0, 0.05) is 5.39 Å². The van der Waals surface area contributed by atoms with E-state index in [-0.39, 0.29) is 12.4 Å². The van der Waals surface area contributed by atoms with Crippen LogP contribution in [0.4, 0.5) is 0 Å². The third-order valence-corrected chi connectivity index (χ3v) is 2.43. The molecule has 0 N–H and O–H groups in total. The van der Waals surface area contributed by atoms with Crippen molar-refractivity contribution in [1.82, 2.24) is 0 Å². The van der Waals surface area contributed by atoms with Crippen LogP contribution in [0.5, 0.6) is 5.75 Å². The van der Waals surface area contributed by atoms with E-state index in [4.69, 9.17) is 10.00 Å². The number of rotatable bonds is 3. The van der Waals surface area contributed by atoms with Crippen molar-refractivity contribution in [1.29, 1.82) is 5.26 Å². The Morgan fingerprint density at radius 2 is 2.06 bits per heavy atom. The van der Waals surface area contributed by atoms with Gasteiger partial charge in [-0.1, -0.05) is 30.3 Å². The number of nitrogens with zero attached hydrogens (tertiary/aromatic N) is 1. The molecule has 0 saturated heterocycles. The number of fused-ring (bicyclic) bond motifs is 1. The van der Waals surface area contributed by atoms with Gasteiger partial charge in [-0.15, -0.1) is 0 Å². The summed E-state index contributed by atoms with van der Waals surface area (Å²) in [5.41, 5.74) is 0.476. The smallest absolute Gasteiger partial charge is 0.167 e. The van der Waals surface area contributed by atoms with E-state index < -0.39 is 0 Å². The zero-order valence-corrected chi connectivity index (χ0v) is 9.43. The highest BCUT2D eigenvalue weighted by Crippen LogP contribution is 2.27. The Balaban J connectivity index is 2.50. The Kier molecular flexibility index (Phi) is 3.06. The average Bonchev–Trinajstić information content (AvgIpc) is 2.35. The van der Waals surface area contributed by atoms with E-state index in [1.165, 1.54) is 6.92 Å². The number of hydrogen-bond donors (Lipinski definition) is 0. The highest BCUT2D eigenvalue weighted by molar-refractivity contribution is 5.90. The first kappa shape index (κ1) is 11.2. The summed E-state index contributed by atoms with van der Waals surface area (Å²) in [5.74, 6) is 0.392. The van der Waals surface area contributed by atoms with Gasteiger partial charge in [0.05, 0.1) is 0 Å². The van der Waals surface area contributed by atoms with Crippen LogP contribution in [0.1, 0.15) is 12.5 Å². The van der Waals surface area contributed by atoms with Crippen molar-refractivity contribution in [2.75, 3.05) is 6.61 Å². The van der Waals surface area contributed by atoms with Crippen LogP contribution >= 0.6 is 0 Å². The van der Waals surface area contributed by atoms with Gasteiger partial charge in [0.1, 0.15) is 24.0 Å². The van der Waals surface area contributed by atoms with E-state index in [0.717, 1.165) is 10.8 Å². The number of carbonyl (C=O) groups is 1. The minimum atomic E-state index is -0.0675. The maximum atomic E-state index is 10.9. The van der Waals surface area contributed by atoms with Crippen LogP contribution in [-0.2, 0) is 4.79 Å².